The minimum atomic E-state index is 0.660. The number of hydrogen-bond donors (Lipinski definition) is 1. The Morgan fingerprint density at radius 1 is 0.857 bits per heavy atom. The Kier molecular flexibility index (Phi) is 3.97. The summed E-state index contributed by atoms with van der Waals surface area (Å²) >= 11 is 0. The van der Waals surface area contributed by atoms with Crippen LogP contribution in [-0.2, 0) is 0 Å². The van der Waals surface area contributed by atoms with Crippen LogP contribution in [0.4, 0.5) is 0 Å². The maximum Gasteiger partial charge on any atom is 0.0189 e. The number of nitrogens with zero attached hydrogens (tertiary/aromatic N) is 2. The molecule has 2 heterocycles. The topological polar surface area (TPSA) is 18.5 Å². The van der Waals surface area contributed by atoms with Gasteiger partial charge < -0.3 is 5.32 Å². The van der Waals surface area contributed by atoms with Gasteiger partial charge in [-0.25, -0.2) is 0 Å². The minimum absolute atomic E-state index is 0.660. The van der Waals surface area contributed by atoms with Crippen LogP contribution < -0.4 is 5.32 Å². The molecule has 3 fully saturated rings. The van der Waals surface area contributed by atoms with E-state index >= 15 is 0 Å². The molecular weight excluding hydrogens is 258 g/mol. The number of piperazine rings is 1. The van der Waals surface area contributed by atoms with Crippen LogP contribution in [0.25, 0.3) is 0 Å². The number of rotatable bonds is 3. The number of piperidine rings is 1. The largest absolute Gasteiger partial charge is 0.316 e. The van der Waals surface area contributed by atoms with Crippen LogP contribution in [0.15, 0.2) is 30.3 Å². The summed E-state index contributed by atoms with van der Waals surface area (Å²) in [5.74, 6) is 0.660. The second kappa shape index (κ2) is 6.07. The Bertz CT molecular complexity index is 449. The number of benzene rings is 1. The van der Waals surface area contributed by atoms with E-state index in [-0.39, 0.29) is 0 Å². The fraction of sp³-hybridized carbons (Fsp3) is 0.667. The average Bonchev–Trinajstić information content (AvgIpc) is 3.41. The summed E-state index contributed by atoms with van der Waals surface area (Å²) in [7, 11) is 0. The molecule has 4 rings (SSSR count). The molecule has 0 amide bonds. The molecule has 1 aromatic carbocycles. The lowest BCUT2D eigenvalue weighted by Crippen LogP contribution is -2.55. The Labute approximate surface area is 128 Å². The van der Waals surface area contributed by atoms with Crippen molar-refractivity contribution < 1.29 is 0 Å². The molecule has 3 aliphatic rings. The highest BCUT2D eigenvalue weighted by Gasteiger charge is 2.36. The van der Waals surface area contributed by atoms with E-state index in [1.807, 2.05) is 0 Å². The summed E-state index contributed by atoms with van der Waals surface area (Å²) in [5.41, 5.74) is 1.51. The van der Waals surface area contributed by atoms with Gasteiger partial charge in [-0.2, -0.15) is 0 Å². The van der Waals surface area contributed by atoms with E-state index in [2.05, 4.69) is 45.4 Å². The molecule has 1 saturated carbocycles. The molecule has 0 radical (unpaired) electrons. The fourth-order valence-corrected chi connectivity index (χ4v) is 4.20. The van der Waals surface area contributed by atoms with Crippen molar-refractivity contribution >= 4 is 0 Å². The molecule has 1 aliphatic carbocycles. The normalized spacial score (nSPS) is 32.2. The molecule has 0 aromatic heterocycles. The van der Waals surface area contributed by atoms with Gasteiger partial charge in [-0.3, -0.25) is 9.80 Å². The van der Waals surface area contributed by atoms with Crippen molar-refractivity contribution in [2.45, 2.75) is 37.3 Å². The lowest BCUT2D eigenvalue weighted by Gasteiger charge is -2.44. The van der Waals surface area contributed by atoms with E-state index in [1.54, 1.807) is 0 Å². The highest BCUT2D eigenvalue weighted by molar-refractivity contribution is 5.23. The van der Waals surface area contributed by atoms with Crippen molar-refractivity contribution in [3.05, 3.63) is 35.9 Å². The van der Waals surface area contributed by atoms with Crippen LogP contribution >= 0.6 is 0 Å². The zero-order valence-electron chi connectivity index (χ0n) is 12.9. The van der Waals surface area contributed by atoms with Gasteiger partial charge in [0.15, 0.2) is 0 Å². The summed E-state index contributed by atoms with van der Waals surface area (Å²) < 4.78 is 0. The zero-order valence-corrected chi connectivity index (χ0v) is 12.9. The van der Waals surface area contributed by atoms with Crippen molar-refractivity contribution in [1.82, 2.24) is 15.1 Å². The van der Waals surface area contributed by atoms with Gasteiger partial charge in [0.25, 0.3) is 0 Å². The second-order valence-electron chi connectivity index (χ2n) is 6.88. The van der Waals surface area contributed by atoms with Gasteiger partial charge in [-0.15, -0.1) is 0 Å². The lowest BCUT2D eigenvalue weighted by molar-refractivity contribution is 0.0684. The van der Waals surface area contributed by atoms with Crippen molar-refractivity contribution in [3.63, 3.8) is 0 Å². The molecule has 2 aliphatic heterocycles. The molecule has 2 unspecified atom stereocenters. The smallest absolute Gasteiger partial charge is 0.0189 e. The van der Waals surface area contributed by atoms with Crippen LogP contribution in [0.1, 0.15) is 30.7 Å². The van der Waals surface area contributed by atoms with Gasteiger partial charge in [-0.05, 0) is 31.4 Å². The molecule has 21 heavy (non-hydrogen) atoms. The van der Waals surface area contributed by atoms with Gasteiger partial charge in [0.2, 0.25) is 0 Å². The molecule has 3 heteroatoms. The van der Waals surface area contributed by atoms with E-state index in [1.165, 1.54) is 57.5 Å². The highest BCUT2D eigenvalue weighted by atomic mass is 15.3. The molecule has 2 atom stereocenters. The average molecular weight is 285 g/mol. The Morgan fingerprint density at radius 3 is 2.29 bits per heavy atom. The highest BCUT2D eigenvalue weighted by Crippen LogP contribution is 2.31. The third-order valence-electron chi connectivity index (χ3n) is 5.55. The summed E-state index contributed by atoms with van der Waals surface area (Å²) in [5, 5.41) is 3.60. The van der Waals surface area contributed by atoms with Gasteiger partial charge in [0, 0.05) is 50.7 Å². The van der Waals surface area contributed by atoms with Gasteiger partial charge in [0.05, 0.1) is 0 Å². The van der Waals surface area contributed by atoms with Gasteiger partial charge >= 0.3 is 0 Å². The van der Waals surface area contributed by atoms with Gasteiger partial charge in [-0.1, -0.05) is 30.3 Å². The van der Waals surface area contributed by atoms with Crippen molar-refractivity contribution in [2.75, 3.05) is 39.3 Å². The second-order valence-corrected chi connectivity index (χ2v) is 6.88. The van der Waals surface area contributed by atoms with Crippen molar-refractivity contribution in [1.29, 1.82) is 0 Å². The lowest BCUT2D eigenvalue weighted by atomic mass is 9.85. The maximum atomic E-state index is 3.60. The molecule has 1 N–H and O–H groups in total. The van der Waals surface area contributed by atoms with Crippen LogP contribution in [0.3, 0.4) is 0 Å². The van der Waals surface area contributed by atoms with Crippen molar-refractivity contribution in [2.24, 2.45) is 0 Å². The SMILES string of the molecule is c1ccc(C2CNCCC2N2CCN(C3CC3)CC2)cc1. The molecule has 0 spiro atoms. The quantitative estimate of drug-likeness (QED) is 0.915. The molecular formula is C18H27N3. The molecule has 2 saturated heterocycles. The third-order valence-corrected chi connectivity index (χ3v) is 5.55. The van der Waals surface area contributed by atoms with Crippen LogP contribution in [0.5, 0.6) is 0 Å². The van der Waals surface area contributed by atoms with Crippen LogP contribution in [-0.4, -0.2) is 61.2 Å². The summed E-state index contributed by atoms with van der Waals surface area (Å²) in [6, 6.07) is 12.8. The predicted octanol–water partition coefficient (Wildman–Crippen LogP) is 1.91. The number of nitrogens with one attached hydrogen (secondary N) is 1. The van der Waals surface area contributed by atoms with Gasteiger partial charge in [0.1, 0.15) is 0 Å². The molecule has 1 aromatic rings. The Hall–Kier alpha value is -0.900. The Morgan fingerprint density at radius 2 is 1.57 bits per heavy atom. The first-order valence-electron chi connectivity index (χ1n) is 8.65. The van der Waals surface area contributed by atoms with Crippen molar-refractivity contribution in [3.8, 4) is 0 Å². The van der Waals surface area contributed by atoms with E-state index in [0.717, 1.165) is 18.6 Å². The summed E-state index contributed by atoms with van der Waals surface area (Å²) in [4.78, 5) is 5.49. The molecule has 0 bridgehead atoms. The Balaban J connectivity index is 1.44. The minimum Gasteiger partial charge on any atom is -0.316 e. The first-order valence-corrected chi connectivity index (χ1v) is 8.65. The summed E-state index contributed by atoms with van der Waals surface area (Å²) in [6.45, 7) is 7.43. The fourth-order valence-electron chi connectivity index (χ4n) is 4.20. The summed E-state index contributed by atoms with van der Waals surface area (Å²) in [6.07, 6.45) is 4.18. The van der Waals surface area contributed by atoms with Crippen LogP contribution in [0, 0.1) is 0 Å². The monoisotopic (exact) mass is 285 g/mol. The van der Waals surface area contributed by atoms with E-state index in [0.29, 0.717) is 5.92 Å². The number of hydrogen-bond acceptors (Lipinski definition) is 3. The third kappa shape index (κ3) is 3.01. The first kappa shape index (κ1) is 13.7. The van der Waals surface area contributed by atoms with Crippen LogP contribution in [0.2, 0.25) is 0 Å². The molecule has 3 nitrogen and oxygen atoms in total. The van der Waals surface area contributed by atoms with E-state index in [9.17, 15) is 0 Å². The maximum absolute atomic E-state index is 3.60. The predicted molar refractivity (Wildman–Crippen MR) is 86.6 cm³/mol. The standard InChI is InChI=1S/C18H27N3/c1-2-4-15(5-3-1)17-14-19-9-8-18(17)21-12-10-20(11-13-21)16-6-7-16/h1-5,16-19H,6-14H2. The van der Waals surface area contributed by atoms with E-state index in [4.69, 9.17) is 0 Å². The first-order chi connectivity index (χ1) is 10.4. The zero-order chi connectivity index (χ0) is 14.1. The molecule has 114 valence electrons. The van der Waals surface area contributed by atoms with E-state index < -0.39 is 0 Å².